The highest BCUT2D eigenvalue weighted by atomic mass is 35.5. The molecule has 2 aromatic rings. The smallest absolute Gasteiger partial charge is 0.244 e. The van der Waals surface area contributed by atoms with Gasteiger partial charge in [0.15, 0.2) is 5.82 Å². The molecule has 1 unspecified atom stereocenters. The van der Waals surface area contributed by atoms with Gasteiger partial charge in [0.25, 0.3) is 0 Å². The van der Waals surface area contributed by atoms with E-state index < -0.39 is 0 Å². The zero-order valence-corrected chi connectivity index (χ0v) is 14.1. The van der Waals surface area contributed by atoms with Gasteiger partial charge in [-0.15, -0.1) is 5.10 Å². The maximum Gasteiger partial charge on any atom is 0.244 e. The average molecular weight is 332 g/mol. The van der Waals surface area contributed by atoms with Crippen molar-refractivity contribution in [2.24, 2.45) is 0 Å². The summed E-state index contributed by atoms with van der Waals surface area (Å²) in [6.07, 6.45) is 6.65. The van der Waals surface area contributed by atoms with E-state index in [0.29, 0.717) is 18.5 Å². The van der Waals surface area contributed by atoms with Gasteiger partial charge in [0.05, 0.1) is 6.20 Å². The van der Waals surface area contributed by atoms with E-state index in [1.54, 1.807) is 6.20 Å². The number of aromatic nitrogens is 3. The topological polar surface area (TPSA) is 53.9 Å². The third kappa shape index (κ3) is 4.10. The molecule has 2 heterocycles. The van der Waals surface area contributed by atoms with Crippen molar-refractivity contribution in [3.8, 4) is 0 Å². The van der Waals surface area contributed by atoms with Crippen molar-refractivity contribution in [1.82, 2.24) is 15.2 Å². The Balaban J connectivity index is 1.68. The molecule has 0 radical (unpaired) electrons. The van der Waals surface area contributed by atoms with Crippen LogP contribution in [0.5, 0.6) is 0 Å². The Morgan fingerprint density at radius 2 is 2.09 bits per heavy atom. The van der Waals surface area contributed by atoms with Gasteiger partial charge in [-0.1, -0.05) is 30.7 Å². The molecular formula is C17H22ClN5. The fourth-order valence-electron chi connectivity index (χ4n) is 3.02. The quantitative estimate of drug-likeness (QED) is 0.900. The molecule has 122 valence electrons. The molecule has 0 spiro atoms. The first-order chi connectivity index (χ1) is 11.3. The monoisotopic (exact) mass is 331 g/mol. The Hall–Kier alpha value is -1.88. The SMILES string of the molecule is CCC1CCCCN1c1cnnc(NCc2ccc(Cl)cc2)n1. The van der Waals surface area contributed by atoms with Gasteiger partial charge in [0.1, 0.15) is 0 Å². The van der Waals surface area contributed by atoms with E-state index in [1.807, 2.05) is 24.3 Å². The molecule has 5 nitrogen and oxygen atoms in total. The highest BCUT2D eigenvalue weighted by Gasteiger charge is 2.22. The lowest BCUT2D eigenvalue weighted by Crippen LogP contribution is -2.39. The number of anilines is 2. The van der Waals surface area contributed by atoms with Crippen LogP contribution in [0.15, 0.2) is 30.5 Å². The maximum absolute atomic E-state index is 5.90. The van der Waals surface area contributed by atoms with Gasteiger partial charge in [-0.05, 0) is 43.4 Å². The van der Waals surface area contributed by atoms with Crippen LogP contribution in [0.4, 0.5) is 11.8 Å². The third-order valence-electron chi connectivity index (χ3n) is 4.30. The molecule has 1 aromatic carbocycles. The van der Waals surface area contributed by atoms with Crippen molar-refractivity contribution < 1.29 is 0 Å². The summed E-state index contributed by atoms with van der Waals surface area (Å²) in [5, 5.41) is 12.2. The Labute approximate surface area is 142 Å². The van der Waals surface area contributed by atoms with E-state index in [2.05, 4.69) is 32.3 Å². The van der Waals surface area contributed by atoms with E-state index in [4.69, 9.17) is 11.6 Å². The number of hydrogen-bond acceptors (Lipinski definition) is 5. The first kappa shape index (κ1) is 16.0. The molecule has 23 heavy (non-hydrogen) atoms. The molecule has 0 bridgehead atoms. The van der Waals surface area contributed by atoms with E-state index in [1.165, 1.54) is 19.3 Å². The van der Waals surface area contributed by atoms with Crippen LogP contribution in [0.25, 0.3) is 0 Å². The van der Waals surface area contributed by atoms with Gasteiger partial charge in [-0.3, -0.25) is 0 Å². The Morgan fingerprint density at radius 1 is 1.26 bits per heavy atom. The second-order valence-electron chi connectivity index (χ2n) is 5.87. The fourth-order valence-corrected chi connectivity index (χ4v) is 3.14. The maximum atomic E-state index is 5.90. The molecule has 0 aliphatic carbocycles. The summed E-state index contributed by atoms with van der Waals surface area (Å²) < 4.78 is 0. The van der Waals surface area contributed by atoms with Crippen molar-refractivity contribution in [2.45, 2.75) is 45.2 Å². The molecular weight excluding hydrogens is 310 g/mol. The number of nitrogens with zero attached hydrogens (tertiary/aromatic N) is 4. The average Bonchev–Trinajstić information content (AvgIpc) is 2.61. The van der Waals surface area contributed by atoms with E-state index >= 15 is 0 Å². The largest absolute Gasteiger partial charge is 0.352 e. The summed E-state index contributed by atoms with van der Waals surface area (Å²) in [6.45, 7) is 3.94. The molecule has 0 saturated carbocycles. The first-order valence-electron chi connectivity index (χ1n) is 8.21. The standard InChI is InChI=1S/C17H22ClN5/c1-2-15-5-3-4-10-23(15)16-12-20-22-17(21-16)19-11-13-6-8-14(18)9-7-13/h6-9,12,15H,2-5,10-11H2,1H3,(H,19,21,22). The second kappa shape index (κ2) is 7.59. The first-order valence-corrected chi connectivity index (χ1v) is 8.58. The van der Waals surface area contributed by atoms with Crippen LogP contribution in [0, 0.1) is 0 Å². The van der Waals surface area contributed by atoms with Crippen molar-refractivity contribution >= 4 is 23.4 Å². The van der Waals surface area contributed by atoms with Crippen LogP contribution in [0.1, 0.15) is 38.2 Å². The Morgan fingerprint density at radius 3 is 2.87 bits per heavy atom. The van der Waals surface area contributed by atoms with E-state index in [-0.39, 0.29) is 0 Å². The predicted octanol–water partition coefficient (Wildman–Crippen LogP) is 3.91. The molecule has 1 fully saturated rings. The molecule has 1 N–H and O–H groups in total. The van der Waals surface area contributed by atoms with Gasteiger partial charge in [-0.25, -0.2) is 0 Å². The lowest BCUT2D eigenvalue weighted by Gasteiger charge is -2.35. The highest BCUT2D eigenvalue weighted by Crippen LogP contribution is 2.24. The molecule has 1 saturated heterocycles. The molecule has 1 atom stereocenters. The minimum absolute atomic E-state index is 0.560. The lowest BCUT2D eigenvalue weighted by atomic mass is 10.0. The minimum atomic E-state index is 0.560. The summed E-state index contributed by atoms with van der Waals surface area (Å²) in [4.78, 5) is 7.01. The van der Waals surface area contributed by atoms with E-state index in [0.717, 1.165) is 29.4 Å². The number of rotatable bonds is 5. The van der Waals surface area contributed by atoms with Crippen molar-refractivity contribution in [3.05, 3.63) is 41.0 Å². The number of hydrogen-bond donors (Lipinski definition) is 1. The highest BCUT2D eigenvalue weighted by molar-refractivity contribution is 6.30. The summed E-state index contributed by atoms with van der Waals surface area (Å²) in [6, 6.07) is 8.31. The molecule has 3 rings (SSSR count). The fraction of sp³-hybridized carbons (Fsp3) is 0.471. The van der Waals surface area contributed by atoms with Crippen LogP contribution in [-0.2, 0) is 6.54 Å². The normalized spacial score (nSPS) is 18.0. The molecule has 1 aromatic heterocycles. The summed E-state index contributed by atoms with van der Waals surface area (Å²) in [5.41, 5.74) is 1.13. The van der Waals surface area contributed by atoms with Crippen LogP contribution < -0.4 is 10.2 Å². The third-order valence-corrected chi connectivity index (χ3v) is 4.55. The molecule has 1 aliphatic heterocycles. The summed E-state index contributed by atoms with van der Waals surface area (Å²) in [5.74, 6) is 1.49. The zero-order valence-electron chi connectivity index (χ0n) is 13.4. The summed E-state index contributed by atoms with van der Waals surface area (Å²) >= 11 is 5.90. The van der Waals surface area contributed by atoms with Crippen molar-refractivity contribution in [1.29, 1.82) is 0 Å². The number of piperidine rings is 1. The van der Waals surface area contributed by atoms with Gasteiger partial charge in [-0.2, -0.15) is 10.1 Å². The zero-order chi connectivity index (χ0) is 16.1. The molecule has 0 amide bonds. The van der Waals surface area contributed by atoms with E-state index in [9.17, 15) is 0 Å². The number of halogens is 1. The number of benzene rings is 1. The minimum Gasteiger partial charge on any atom is -0.352 e. The van der Waals surface area contributed by atoms with Crippen LogP contribution in [0.3, 0.4) is 0 Å². The van der Waals surface area contributed by atoms with Crippen LogP contribution in [0.2, 0.25) is 5.02 Å². The van der Waals surface area contributed by atoms with Gasteiger partial charge >= 0.3 is 0 Å². The Bertz CT molecular complexity index is 631. The second-order valence-corrected chi connectivity index (χ2v) is 6.31. The number of nitrogens with one attached hydrogen (secondary N) is 1. The molecule has 6 heteroatoms. The van der Waals surface area contributed by atoms with Crippen molar-refractivity contribution in [2.75, 3.05) is 16.8 Å². The van der Waals surface area contributed by atoms with Gasteiger partial charge in [0.2, 0.25) is 5.95 Å². The van der Waals surface area contributed by atoms with Gasteiger partial charge < -0.3 is 10.2 Å². The van der Waals surface area contributed by atoms with Crippen LogP contribution in [-0.4, -0.2) is 27.8 Å². The predicted molar refractivity (Wildman–Crippen MR) is 93.9 cm³/mol. The Kier molecular flexibility index (Phi) is 5.28. The molecule has 1 aliphatic rings. The van der Waals surface area contributed by atoms with Gasteiger partial charge in [0, 0.05) is 24.2 Å². The van der Waals surface area contributed by atoms with Crippen molar-refractivity contribution in [3.63, 3.8) is 0 Å². The summed E-state index contributed by atoms with van der Waals surface area (Å²) in [7, 11) is 0. The lowest BCUT2D eigenvalue weighted by molar-refractivity contribution is 0.446. The van der Waals surface area contributed by atoms with Crippen LogP contribution >= 0.6 is 11.6 Å².